The molecule has 3 aromatic rings. The number of hydrogen-bond donors (Lipinski definition) is 4. The summed E-state index contributed by atoms with van der Waals surface area (Å²) in [6.07, 6.45) is 3.20. The van der Waals surface area contributed by atoms with Gasteiger partial charge in [-0.15, -0.1) is 0 Å². The fraction of sp³-hybridized carbons (Fsp3) is 0.435. The summed E-state index contributed by atoms with van der Waals surface area (Å²) in [6.45, 7) is 6.63. The maximum atomic E-state index is 14.8. The molecule has 32 heavy (non-hydrogen) atoms. The fourth-order valence-electron chi connectivity index (χ4n) is 3.96. The van der Waals surface area contributed by atoms with Gasteiger partial charge in [-0.05, 0) is 57.4 Å². The molecule has 1 amide bonds. The minimum Gasteiger partial charge on any atom is -0.365 e. The van der Waals surface area contributed by atoms with Crippen molar-refractivity contribution in [2.75, 3.05) is 10.6 Å². The normalized spacial score (nSPS) is 15.5. The Morgan fingerprint density at radius 3 is 2.69 bits per heavy atom. The number of benzene rings is 1. The van der Waals surface area contributed by atoms with Crippen molar-refractivity contribution in [1.82, 2.24) is 14.8 Å². The molecule has 4 rings (SSSR count). The van der Waals surface area contributed by atoms with Gasteiger partial charge in [-0.2, -0.15) is 5.10 Å². The highest BCUT2D eigenvalue weighted by Crippen LogP contribution is 2.35. The first-order valence-electron chi connectivity index (χ1n) is 11.0. The molecule has 2 aromatic heterocycles. The molecule has 6 N–H and O–H groups in total. The first-order chi connectivity index (χ1) is 15.3. The number of rotatable bonds is 9. The Kier molecular flexibility index (Phi) is 6.01. The molecule has 0 radical (unpaired) electrons. The highest BCUT2D eigenvalue weighted by atomic mass is 19.1. The van der Waals surface area contributed by atoms with Crippen LogP contribution in [-0.4, -0.2) is 32.8 Å². The van der Waals surface area contributed by atoms with E-state index in [0.29, 0.717) is 11.6 Å². The number of hydrogen-bond acceptors (Lipinski definition) is 6. The van der Waals surface area contributed by atoms with E-state index in [1.54, 1.807) is 0 Å². The van der Waals surface area contributed by atoms with Gasteiger partial charge in [0.05, 0.1) is 16.8 Å². The number of carbonyl (C=O) groups is 1. The quantitative estimate of drug-likeness (QED) is 0.403. The molecule has 2 heterocycles. The average Bonchev–Trinajstić information content (AvgIpc) is 3.51. The van der Waals surface area contributed by atoms with Crippen molar-refractivity contribution in [3.63, 3.8) is 0 Å². The number of nitrogens with one attached hydrogen (secondary N) is 2. The van der Waals surface area contributed by atoms with E-state index in [2.05, 4.69) is 20.7 Å². The van der Waals surface area contributed by atoms with Gasteiger partial charge in [0.1, 0.15) is 5.82 Å². The van der Waals surface area contributed by atoms with Crippen LogP contribution >= 0.6 is 0 Å². The number of carbonyl (C=O) groups excluding carboxylic acids is 1. The molecule has 0 saturated heterocycles. The molecular weight excluding hydrogens is 409 g/mol. The molecule has 1 saturated carbocycles. The van der Waals surface area contributed by atoms with Crippen molar-refractivity contribution in [3.05, 3.63) is 41.3 Å². The lowest BCUT2D eigenvalue weighted by Gasteiger charge is -2.24. The maximum absolute atomic E-state index is 14.8. The van der Waals surface area contributed by atoms with E-state index in [0.717, 1.165) is 35.6 Å². The maximum Gasteiger partial charge on any atom is 0.252 e. The van der Waals surface area contributed by atoms with E-state index < -0.39 is 11.7 Å². The van der Waals surface area contributed by atoms with Gasteiger partial charge < -0.3 is 22.1 Å². The molecule has 0 aliphatic heterocycles. The predicted octanol–water partition coefficient (Wildman–Crippen LogP) is 3.67. The van der Waals surface area contributed by atoms with Gasteiger partial charge in [0.25, 0.3) is 5.91 Å². The van der Waals surface area contributed by atoms with Crippen LogP contribution in [0.15, 0.2) is 24.3 Å². The first-order valence-corrected chi connectivity index (χ1v) is 11.0. The zero-order valence-electron chi connectivity index (χ0n) is 18.7. The van der Waals surface area contributed by atoms with Crippen molar-refractivity contribution < 1.29 is 9.18 Å². The molecule has 8 nitrogen and oxygen atoms in total. The van der Waals surface area contributed by atoms with E-state index in [1.807, 2.05) is 43.7 Å². The molecule has 2 atom stereocenters. The Bertz CT molecular complexity index is 1150. The van der Waals surface area contributed by atoms with Crippen LogP contribution in [0.25, 0.3) is 10.9 Å². The lowest BCUT2D eigenvalue weighted by molar-refractivity contribution is 0.100. The van der Waals surface area contributed by atoms with Gasteiger partial charge in [-0.1, -0.05) is 12.8 Å². The molecular formula is C23H30FN7O. The second-order valence-electron chi connectivity index (χ2n) is 8.63. The topological polar surface area (TPSA) is 124 Å². The number of fused-ring (bicyclic) bond motifs is 1. The van der Waals surface area contributed by atoms with Crippen molar-refractivity contribution >= 4 is 34.1 Å². The van der Waals surface area contributed by atoms with Crippen LogP contribution in [0.5, 0.6) is 0 Å². The standard InChI is InChI=1S/C23H30FN7O/c1-4-31-20-8-7-15(10-16(20)13(3)30-31)27-22-17(21(26)32)11-18(24)23(29-22)28-19(12(2)25)9-14-5-6-14/h7-8,10-12,14,19H,4-6,9,25H2,1-3H3,(H2,26,32)(H2,27,28,29)/t12-,19+/m0/s1. The van der Waals surface area contributed by atoms with Gasteiger partial charge in [-0.25, -0.2) is 9.37 Å². The first kappa shape index (κ1) is 22.0. The minimum atomic E-state index is -0.761. The molecule has 0 unspecified atom stereocenters. The molecule has 1 aliphatic carbocycles. The molecule has 9 heteroatoms. The van der Waals surface area contributed by atoms with Crippen LogP contribution in [-0.2, 0) is 6.54 Å². The third-order valence-corrected chi connectivity index (χ3v) is 5.98. The summed E-state index contributed by atoms with van der Waals surface area (Å²) < 4.78 is 16.7. The van der Waals surface area contributed by atoms with E-state index in [-0.39, 0.29) is 29.3 Å². The summed E-state index contributed by atoms with van der Waals surface area (Å²) in [6, 6.07) is 6.59. The fourth-order valence-corrected chi connectivity index (χ4v) is 3.96. The number of anilines is 3. The highest BCUT2D eigenvalue weighted by molar-refractivity contribution is 5.99. The number of nitrogens with two attached hydrogens (primary N) is 2. The lowest BCUT2D eigenvalue weighted by Crippen LogP contribution is -2.39. The second-order valence-corrected chi connectivity index (χ2v) is 8.63. The lowest BCUT2D eigenvalue weighted by atomic mass is 10.0. The SMILES string of the molecule is CCn1nc(C)c2cc(Nc3nc(N[C@H](CC4CC4)[C@H](C)N)c(F)cc3C(N)=O)ccc21. The highest BCUT2D eigenvalue weighted by Gasteiger charge is 2.28. The number of halogens is 1. The molecule has 1 aliphatic rings. The summed E-state index contributed by atoms with van der Waals surface area (Å²) in [7, 11) is 0. The van der Waals surface area contributed by atoms with Gasteiger partial charge in [0.2, 0.25) is 0 Å². The van der Waals surface area contributed by atoms with E-state index >= 15 is 0 Å². The van der Waals surface area contributed by atoms with E-state index in [1.165, 1.54) is 12.8 Å². The average molecular weight is 440 g/mol. The summed E-state index contributed by atoms with van der Waals surface area (Å²) in [5.41, 5.74) is 14.2. The Labute approximate surface area is 186 Å². The van der Waals surface area contributed by atoms with Crippen LogP contribution in [0.3, 0.4) is 0 Å². The summed E-state index contributed by atoms with van der Waals surface area (Å²) in [5.74, 6) is -0.541. The molecule has 0 spiro atoms. The predicted molar refractivity (Wildman–Crippen MR) is 125 cm³/mol. The minimum absolute atomic E-state index is 0.0198. The van der Waals surface area contributed by atoms with Crippen LogP contribution < -0.4 is 22.1 Å². The number of primary amides is 1. The van der Waals surface area contributed by atoms with Gasteiger partial charge in [0, 0.05) is 29.7 Å². The number of nitrogens with zero attached hydrogens (tertiary/aromatic N) is 3. The van der Waals surface area contributed by atoms with Crippen LogP contribution in [0.1, 0.15) is 49.2 Å². The third-order valence-electron chi connectivity index (χ3n) is 5.98. The van der Waals surface area contributed by atoms with Gasteiger partial charge in [-0.3, -0.25) is 9.48 Å². The van der Waals surface area contributed by atoms with Crippen molar-refractivity contribution in [2.45, 2.75) is 58.7 Å². The van der Waals surface area contributed by atoms with E-state index in [4.69, 9.17) is 11.5 Å². The number of pyridine rings is 1. The van der Waals surface area contributed by atoms with Gasteiger partial charge in [0.15, 0.2) is 11.6 Å². The molecule has 1 aromatic carbocycles. The zero-order valence-corrected chi connectivity index (χ0v) is 18.7. The molecule has 170 valence electrons. The number of amides is 1. The summed E-state index contributed by atoms with van der Waals surface area (Å²) in [5, 5.41) is 11.8. The zero-order chi connectivity index (χ0) is 23.0. The Hall–Kier alpha value is -3.20. The second kappa shape index (κ2) is 8.74. The molecule has 0 bridgehead atoms. The number of aromatic nitrogens is 3. The summed E-state index contributed by atoms with van der Waals surface area (Å²) >= 11 is 0. The van der Waals surface area contributed by atoms with Gasteiger partial charge >= 0.3 is 0 Å². The van der Waals surface area contributed by atoms with E-state index in [9.17, 15) is 9.18 Å². The smallest absolute Gasteiger partial charge is 0.252 e. The van der Waals surface area contributed by atoms with Crippen LogP contribution in [0.2, 0.25) is 0 Å². The van der Waals surface area contributed by atoms with Crippen LogP contribution in [0, 0.1) is 18.7 Å². The monoisotopic (exact) mass is 439 g/mol. The van der Waals surface area contributed by atoms with Crippen molar-refractivity contribution in [3.8, 4) is 0 Å². The Morgan fingerprint density at radius 1 is 1.31 bits per heavy atom. The summed E-state index contributed by atoms with van der Waals surface area (Å²) in [4.78, 5) is 16.4. The number of aryl methyl sites for hydroxylation is 2. The van der Waals surface area contributed by atoms with Crippen molar-refractivity contribution in [1.29, 1.82) is 0 Å². The largest absolute Gasteiger partial charge is 0.365 e. The van der Waals surface area contributed by atoms with Crippen LogP contribution in [0.4, 0.5) is 21.7 Å². The Balaban J connectivity index is 1.67. The van der Waals surface area contributed by atoms with Crippen molar-refractivity contribution in [2.24, 2.45) is 17.4 Å². The Morgan fingerprint density at radius 2 is 2.06 bits per heavy atom. The third kappa shape index (κ3) is 4.52. The molecule has 1 fully saturated rings.